The number of ether oxygens (including phenoxy) is 1. The van der Waals surface area contributed by atoms with Crippen molar-refractivity contribution in [2.75, 3.05) is 14.2 Å². The highest BCUT2D eigenvalue weighted by Gasteiger charge is 2.28. The van der Waals surface area contributed by atoms with E-state index in [9.17, 15) is 4.79 Å². The zero-order valence-corrected chi connectivity index (χ0v) is 15.0. The lowest BCUT2D eigenvalue weighted by molar-refractivity contribution is -0.147. The molecule has 6 heteroatoms. The minimum atomic E-state index is -0.573. The Morgan fingerprint density at radius 2 is 1.96 bits per heavy atom. The second-order valence-electron chi connectivity index (χ2n) is 5.44. The van der Waals surface area contributed by atoms with Crippen LogP contribution in [0.2, 0.25) is 5.02 Å². The average molecular weight is 361 g/mol. The van der Waals surface area contributed by atoms with Crippen LogP contribution in [0.3, 0.4) is 0 Å². The molecule has 3 aromatic rings. The van der Waals surface area contributed by atoms with Gasteiger partial charge < -0.3 is 4.74 Å². The highest BCUT2D eigenvalue weighted by atomic mass is 35.5. The molecule has 0 unspecified atom stereocenters. The number of rotatable bonds is 5. The fourth-order valence-corrected chi connectivity index (χ4v) is 3.91. The van der Waals surface area contributed by atoms with Gasteiger partial charge in [-0.3, -0.25) is 4.90 Å². The first-order valence-electron chi connectivity index (χ1n) is 7.47. The number of halogens is 1. The van der Waals surface area contributed by atoms with E-state index >= 15 is 0 Å². The van der Waals surface area contributed by atoms with Crippen LogP contribution in [-0.2, 0) is 16.1 Å². The molecule has 0 saturated heterocycles. The number of likely N-dealkylation sites (N-methyl/N-ethyl adjacent to an activating group) is 1. The van der Waals surface area contributed by atoms with Crippen molar-refractivity contribution in [2.24, 2.45) is 0 Å². The van der Waals surface area contributed by atoms with Crippen LogP contribution in [0.25, 0.3) is 10.2 Å². The summed E-state index contributed by atoms with van der Waals surface area (Å²) in [6, 6.07) is 14.7. The van der Waals surface area contributed by atoms with E-state index in [1.54, 1.807) is 17.4 Å². The Morgan fingerprint density at radius 3 is 2.67 bits per heavy atom. The lowest BCUT2D eigenvalue weighted by atomic mass is 10.1. The number of carbonyl (C=O) groups is 1. The standard InChI is InChI=1S/C18H17ClN2O2S/c1-21(11-16-20-14-9-5-6-10-15(14)24-16)17(18(22)23-2)12-7-3-4-8-13(12)19/h3-10,17H,11H2,1-2H3/t17-/m0/s1. The van der Waals surface area contributed by atoms with Crippen LogP contribution in [0.5, 0.6) is 0 Å². The van der Waals surface area contributed by atoms with Crippen molar-refractivity contribution in [3.8, 4) is 0 Å². The molecule has 0 amide bonds. The topological polar surface area (TPSA) is 42.4 Å². The van der Waals surface area contributed by atoms with Crippen LogP contribution in [0, 0.1) is 0 Å². The maximum absolute atomic E-state index is 12.3. The van der Waals surface area contributed by atoms with Gasteiger partial charge in [-0.05, 0) is 30.8 Å². The first kappa shape index (κ1) is 16.9. The quantitative estimate of drug-likeness (QED) is 0.636. The third kappa shape index (κ3) is 3.43. The molecular formula is C18H17ClN2O2S. The number of hydrogen-bond donors (Lipinski definition) is 0. The van der Waals surface area contributed by atoms with Gasteiger partial charge in [-0.1, -0.05) is 41.9 Å². The Bertz CT molecular complexity index is 832. The van der Waals surface area contributed by atoms with Gasteiger partial charge in [0.15, 0.2) is 0 Å². The molecule has 0 aliphatic carbocycles. The lowest BCUT2D eigenvalue weighted by Crippen LogP contribution is -2.31. The summed E-state index contributed by atoms with van der Waals surface area (Å²) in [5.41, 5.74) is 1.70. The fourth-order valence-electron chi connectivity index (χ4n) is 2.65. The molecule has 4 nitrogen and oxygen atoms in total. The summed E-state index contributed by atoms with van der Waals surface area (Å²) in [6.07, 6.45) is 0. The number of aromatic nitrogens is 1. The van der Waals surface area contributed by atoms with Crippen molar-refractivity contribution in [3.63, 3.8) is 0 Å². The minimum Gasteiger partial charge on any atom is -0.468 e. The van der Waals surface area contributed by atoms with E-state index in [4.69, 9.17) is 16.3 Å². The minimum absolute atomic E-state index is 0.341. The van der Waals surface area contributed by atoms with E-state index in [0.717, 1.165) is 20.8 Å². The van der Waals surface area contributed by atoms with Crippen molar-refractivity contribution in [3.05, 3.63) is 64.1 Å². The van der Waals surface area contributed by atoms with Gasteiger partial charge in [0.1, 0.15) is 11.0 Å². The number of thiazole rings is 1. The van der Waals surface area contributed by atoms with Gasteiger partial charge in [-0.2, -0.15) is 0 Å². The summed E-state index contributed by atoms with van der Waals surface area (Å²) in [5, 5.41) is 1.49. The highest BCUT2D eigenvalue weighted by molar-refractivity contribution is 7.18. The third-order valence-corrected chi connectivity index (χ3v) is 5.15. The predicted molar refractivity (Wildman–Crippen MR) is 97.3 cm³/mol. The highest BCUT2D eigenvalue weighted by Crippen LogP contribution is 2.30. The van der Waals surface area contributed by atoms with Crippen LogP contribution in [-0.4, -0.2) is 30.0 Å². The van der Waals surface area contributed by atoms with Crippen LogP contribution < -0.4 is 0 Å². The summed E-state index contributed by atoms with van der Waals surface area (Å²) in [6.45, 7) is 0.532. The van der Waals surface area contributed by atoms with Gasteiger partial charge in [-0.15, -0.1) is 11.3 Å². The molecule has 0 aliphatic heterocycles. The number of nitrogens with zero attached hydrogens (tertiary/aromatic N) is 2. The molecule has 1 aromatic heterocycles. The van der Waals surface area contributed by atoms with Gasteiger partial charge in [0.25, 0.3) is 0 Å². The molecule has 3 rings (SSSR count). The monoisotopic (exact) mass is 360 g/mol. The molecule has 24 heavy (non-hydrogen) atoms. The Hall–Kier alpha value is -1.95. The lowest BCUT2D eigenvalue weighted by Gasteiger charge is -2.26. The summed E-state index contributed by atoms with van der Waals surface area (Å²) in [7, 11) is 3.26. The fraction of sp³-hybridized carbons (Fsp3) is 0.222. The van der Waals surface area contributed by atoms with Gasteiger partial charge in [0.2, 0.25) is 0 Å². The van der Waals surface area contributed by atoms with Crippen molar-refractivity contribution in [1.29, 1.82) is 0 Å². The Morgan fingerprint density at radius 1 is 1.25 bits per heavy atom. The molecule has 0 bridgehead atoms. The average Bonchev–Trinajstić information content (AvgIpc) is 2.98. The maximum Gasteiger partial charge on any atom is 0.327 e. The molecule has 2 aromatic carbocycles. The molecule has 124 valence electrons. The predicted octanol–water partition coefficient (Wildman–Crippen LogP) is 4.30. The molecule has 1 atom stereocenters. The first-order chi connectivity index (χ1) is 11.6. The zero-order chi connectivity index (χ0) is 17.1. The molecule has 0 radical (unpaired) electrons. The van der Waals surface area contributed by atoms with E-state index in [1.807, 2.05) is 54.4 Å². The third-order valence-electron chi connectivity index (χ3n) is 3.79. The number of carbonyl (C=O) groups excluding carboxylic acids is 1. The molecule has 0 saturated carbocycles. The van der Waals surface area contributed by atoms with E-state index < -0.39 is 6.04 Å². The second kappa shape index (κ2) is 7.30. The number of methoxy groups -OCH3 is 1. The van der Waals surface area contributed by atoms with Crippen molar-refractivity contribution in [2.45, 2.75) is 12.6 Å². The Labute approximate surface area is 149 Å². The Balaban J connectivity index is 1.90. The van der Waals surface area contributed by atoms with Gasteiger partial charge in [-0.25, -0.2) is 9.78 Å². The molecule has 0 spiro atoms. The van der Waals surface area contributed by atoms with E-state index in [-0.39, 0.29) is 5.97 Å². The number of para-hydroxylation sites is 1. The maximum atomic E-state index is 12.3. The molecular weight excluding hydrogens is 344 g/mol. The molecule has 1 heterocycles. The normalized spacial score (nSPS) is 12.5. The second-order valence-corrected chi connectivity index (χ2v) is 6.96. The summed E-state index contributed by atoms with van der Waals surface area (Å²) < 4.78 is 6.12. The largest absolute Gasteiger partial charge is 0.468 e. The van der Waals surface area contributed by atoms with Crippen molar-refractivity contribution in [1.82, 2.24) is 9.88 Å². The number of hydrogen-bond acceptors (Lipinski definition) is 5. The molecule has 0 fully saturated rings. The van der Waals surface area contributed by atoms with Crippen LogP contribution in [0.4, 0.5) is 0 Å². The van der Waals surface area contributed by atoms with E-state index in [1.165, 1.54) is 7.11 Å². The summed E-state index contributed by atoms with van der Waals surface area (Å²) >= 11 is 7.91. The van der Waals surface area contributed by atoms with Gasteiger partial charge in [0, 0.05) is 5.02 Å². The zero-order valence-electron chi connectivity index (χ0n) is 13.4. The smallest absolute Gasteiger partial charge is 0.327 e. The van der Waals surface area contributed by atoms with Crippen molar-refractivity contribution >= 4 is 39.1 Å². The summed E-state index contributed by atoms with van der Waals surface area (Å²) in [5.74, 6) is -0.341. The van der Waals surface area contributed by atoms with Crippen LogP contribution >= 0.6 is 22.9 Å². The number of esters is 1. The van der Waals surface area contributed by atoms with Crippen LogP contribution in [0.1, 0.15) is 16.6 Å². The molecule has 0 N–H and O–H groups in total. The summed E-state index contributed by atoms with van der Waals surface area (Å²) in [4.78, 5) is 18.9. The SMILES string of the molecule is COC(=O)[C@H](c1ccccc1Cl)N(C)Cc1nc2ccccc2s1. The molecule has 0 aliphatic rings. The Kier molecular flexibility index (Phi) is 5.14. The van der Waals surface area contributed by atoms with Gasteiger partial charge >= 0.3 is 5.97 Å². The van der Waals surface area contributed by atoms with Crippen molar-refractivity contribution < 1.29 is 9.53 Å². The number of fused-ring (bicyclic) bond motifs is 1. The van der Waals surface area contributed by atoms with E-state index in [2.05, 4.69) is 4.98 Å². The van der Waals surface area contributed by atoms with Gasteiger partial charge in [0.05, 0.1) is 23.9 Å². The first-order valence-corrected chi connectivity index (χ1v) is 8.66. The van der Waals surface area contributed by atoms with Crippen LogP contribution in [0.15, 0.2) is 48.5 Å². The van der Waals surface area contributed by atoms with E-state index in [0.29, 0.717) is 11.6 Å². The number of benzene rings is 2.